The van der Waals surface area contributed by atoms with E-state index < -0.39 is 26.8 Å². The first kappa shape index (κ1) is 24.4. The van der Waals surface area contributed by atoms with E-state index >= 15 is 0 Å². The third-order valence-corrected chi connectivity index (χ3v) is 6.61. The summed E-state index contributed by atoms with van der Waals surface area (Å²) in [6.45, 7) is 0. The van der Waals surface area contributed by atoms with E-state index in [0.717, 1.165) is 5.56 Å². The molecule has 5 N–H and O–H groups in total. The molecule has 0 saturated carbocycles. The second-order valence-electron chi connectivity index (χ2n) is 7.52. The van der Waals surface area contributed by atoms with Gasteiger partial charge in [0.1, 0.15) is 5.84 Å². The number of nitrogen functional groups attached to an aromatic ring is 1. The first-order valence-corrected chi connectivity index (χ1v) is 11.6. The number of rotatable bonds is 10. The van der Waals surface area contributed by atoms with Crippen molar-refractivity contribution in [2.45, 2.75) is 23.7 Å². The van der Waals surface area contributed by atoms with Crippen LogP contribution in [0.15, 0.2) is 77.7 Å². The normalized spacial score (nSPS) is 12.0. The van der Waals surface area contributed by atoms with Gasteiger partial charge in [0.25, 0.3) is 15.7 Å². The molecule has 10 nitrogen and oxygen atoms in total. The van der Waals surface area contributed by atoms with Crippen molar-refractivity contribution in [3.63, 3.8) is 0 Å². The van der Waals surface area contributed by atoms with E-state index in [-0.39, 0.29) is 22.8 Å². The van der Waals surface area contributed by atoms with Crippen molar-refractivity contribution in [2.75, 3.05) is 4.72 Å². The van der Waals surface area contributed by atoms with Gasteiger partial charge in [-0.25, -0.2) is 8.42 Å². The number of nitro groups is 1. The summed E-state index contributed by atoms with van der Waals surface area (Å²) in [6, 6.07) is 17.5. The average Bonchev–Trinajstić information content (AvgIpc) is 2.79. The lowest BCUT2D eigenvalue weighted by molar-refractivity contribution is -0.384. The molecule has 0 spiro atoms. The van der Waals surface area contributed by atoms with Crippen molar-refractivity contribution in [2.24, 2.45) is 5.73 Å². The van der Waals surface area contributed by atoms with Crippen LogP contribution < -0.4 is 10.5 Å². The van der Waals surface area contributed by atoms with Crippen molar-refractivity contribution >= 4 is 33.2 Å². The molecular formula is C23H22N4O6S. The fourth-order valence-electron chi connectivity index (χ4n) is 3.34. The zero-order valence-corrected chi connectivity index (χ0v) is 18.7. The summed E-state index contributed by atoms with van der Waals surface area (Å²) >= 11 is 0. The van der Waals surface area contributed by atoms with Crippen LogP contribution in [0, 0.1) is 15.5 Å². The summed E-state index contributed by atoms with van der Waals surface area (Å²) in [6.07, 6.45) is 0.618. The zero-order valence-electron chi connectivity index (χ0n) is 17.8. The third-order valence-electron chi connectivity index (χ3n) is 5.21. The van der Waals surface area contributed by atoms with Crippen LogP contribution in [-0.2, 0) is 21.2 Å². The molecule has 11 heteroatoms. The van der Waals surface area contributed by atoms with Gasteiger partial charge in [0.15, 0.2) is 0 Å². The molecule has 0 heterocycles. The van der Waals surface area contributed by atoms with Gasteiger partial charge in [-0.3, -0.25) is 25.0 Å². The zero-order chi connectivity index (χ0) is 24.9. The van der Waals surface area contributed by atoms with Crippen molar-refractivity contribution < 1.29 is 23.2 Å². The molecule has 1 atom stereocenters. The van der Waals surface area contributed by atoms with Gasteiger partial charge in [0.05, 0.1) is 15.7 Å². The van der Waals surface area contributed by atoms with Crippen LogP contribution in [0.25, 0.3) is 0 Å². The molecule has 0 saturated heterocycles. The maximum atomic E-state index is 12.7. The van der Waals surface area contributed by atoms with Gasteiger partial charge in [0.2, 0.25) is 0 Å². The van der Waals surface area contributed by atoms with Gasteiger partial charge < -0.3 is 10.8 Å². The van der Waals surface area contributed by atoms with Crippen LogP contribution in [0.5, 0.6) is 0 Å². The standard InChI is InChI=1S/C23H22N4O6S/c24-22(25)17-4-8-18(9-5-17)26-34(32,33)20-12-6-16(7-13-20)21(23(28)29)14-3-15-1-10-19(11-2-15)27(30)31/h1-2,4-13,21,26H,3,14H2,(H3,24,25)(H,28,29). The maximum Gasteiger partial charge on any atom is 0.310 e. The smallest absolute Gasteiger partial charge is 0.310 e. The van der Waals surface area contributed by atoms with Crippen LogP contribution in [0.3, 0.4) is 0 Å². The molecule has 0 aliphatic rings. The fourth-order valence-corrected chi connectivity index (χ4v) is 4.40. The Bertz CT molecular complexity index is 1310. The second-order valence-corrected chi connectivity index (χ2v) is 9.20. The number of carboxylic acids is 1. The number of carbonyl (C=O) groups is 1. The predicted molar refractivity (Wildman–Crippen MR) is 127 cm³/mol. The molecule has 0 amide bonds. The fraction of sp³-hybridized carbons (Fsp3) is 0.130. The number of carboxylic acid groups (broad SMARTS) is 1. The van der Waals surface area contributed by atoms with Crippen LogP contribution in [0.4, 0.5) is 11.4 Å². The molecule has 0 radical (unpaired) electrons. The lowest BCUT2D eigenvalue weighted by atomic mass is 9.92. The highest BCUT2D eigenvalue weighted by Crippen LogP contribution is 2.25. The van der Waals surface area contributed by atoms with E-state index in [1.165, 1.54) is 60.7 Å². The number of non-ortho nitro benzene ring substituents is 1. The molecule has 0 fully saturated rings. The van der Waals surface area contributed by atoms with E-state index in [1.807, 2.05) is 0 Å². The monoisotopic (exact) mass is 482 g/mol. The van der Waals surface area contributed by atoms with E-state index in [2.05, 4.69) is 4.72 Å². The number of aliphatic carboxylic acids is 1. The minimum absolute atomic E-state index is 0.0357. The summed E-state index contributed by atoms with van der Waals surface area (Å²) in [7, 11) is -3.91. The molecule has 1 unspecified atom stereocenters. The molecule has 0 aliphatic heterocycles. The number of nitrogens with one attached hydrogen (secondary N) is 2. The second kappa shape index (κ2) is 10.1. The molecule has 176 valence electrons. The minimum atomic E-state index is -3.91. The largest absolute Gasteiger partial charge is 0.481 e. The SMILES string of the molecule is N=C(N)c1ccc(NS(=O)(=O)c2ccc(C(CCc3ccc([N+](=O)[O-])cc3)C(=O)O)cc2)cc1. The van der Waals surface area contributed by atoms with Crippen LogP contribution in [0.2, 0.25) is 0 Å². The number of hydrogen-bond acceptors (Lipinski definition) is 6. The van der Waals surface area contributed by atoms with Gasteiger partial charge in [-0.2, -0.15) is 0 Å². The number of amidine groups is 1. The molecule has 3 aromatic carbocycles. The maximum absolute atomic E-state index is 12.7. The Kier molecular flexibility index (Phi) is 7.27. The van der Waals surface area contributed by atoms with Crippen molar-refractivity contribution in [1.82, 2.24) is 0 Å². The molecule has 3 aromatic rings. The van der Waals surface area contributed by atoms with Crippen LogP contribution in [-0.4, -0.2) is 30.3 Å². The Labute approximate surface area is 195 Å². The number of sulfonamides is 1. The van der Waals surface area contributed by atoms with Gasteiger partial charge in [-0.15, -0.1) is 0 Å². The van der Waals surface area contributed by atoms with E-state index in [0.29, 0.717) is 23.2 Å². The van der Waals surface area contributed by atoms with Crippen LogP contribution >= 0.6 is 0 Å². The van der Waals surface area contributed by atoms with E-state index in [9.17, 15) is 28.4 Å². The average molecular weight is 483 g/mol. The van der Waals surface area contributed by atoms with Gasteiger partial charge in [-0.05, 0) is 60.4 Å². The number of nitrogens with two attached hydrogens (primary N) is 1. The molecule has 34 heavy (non-hydrogen) atoms. The summed E-state index contributed by atoms with van der Waals surface area (Å²) in [5.41, 5.74) is 7.30. The number of hydrogen-bond donors (Lipinski definition) is 4. The molecule has 0 aromatic heterocycles. The van der Waals surface area contributed by atoms with Gasteiger partial charge in [-0.1, -0.05) is 24.3 Å². The highest BCUT2D eigenvalue weighted by Gasteiger charge is 2.21. The summed E-state index contributed by atoms with van der Waals surface area (Å²) in [4.78, 5) is 22.0. The number of benzene rings is 3. The number of nitro benzene ring substituents is 1. The van der Waals surface area contributed by atoms with E-state index in [1.54, 1.807) is 12.1 Å². The number of anilines is 1. The topological polar surface area (TPSA) is 176 Å². The Morgan fingerprint density at radius 1 is 1.03 bits per heavy atom. The highest BCUT2D eigenvalue weighted by atomic mass is 32.2. The number of aryl methyl sites for hydroxylation is 1. The molecular weight excluding hydrogens is 460 g/mol. The van der Waals surface area contributed by atoms with Crippen molar-refractivity contribution in [3.8, 4) is 0 Å². The Balaban J connectivity index is 1.71. The first-order valence-electron chi connectivity index (χ1n) is 10.1. The molecule has 3 rings (SSSR count). The van der Waals surface area contributed by atoms with Gasteiger partial charge in [0, 0.05) is 23.4 Å². The Hall–Kier alpha value is -4.25. The third kappa shape index (κ3) is 5.95. The summed E-state index contributed by atoms with van der Waals surface area (Å²) in [5.74, 6) is -2.06. The summed E-state index contributed by atoms with van der Waals surface area (Å²) < 4.78 is 27.8. The Morgan fingerprint density at radius 2 is 1.62 bits per heavy atom. The lowest BCUT2D eigenvalue weighted by Gasteiger charge is -2.14. The first-order chi connectivity index (χ1) is 16.1. The molecule has 0 bridgehead atoms. The van der Waals surface area contributed by atoms with Crippen LogP contribution in [0.1, 0.15) is 29.0 Å². The Morgan fingerprint density at radius 3 is 2.12 bits per heavy atom. The highest BCUT2D eigenvalue weighted by molar-refractivity contribution is 7.92. The van der Waals surface area contributed by atoms with Crippen molar-refractivity contribution in [3.05, 3.63) is 99.6 Å². The van der Waals surface area contributed by atoms with Gasteiger partial charge >= 0.3 is 5.97 Å². The quantitative estimate of drug-likeness (QED) is 0.148. The van der Waals surface area contributed by atoms with E-state index in [4.69, 9.17) is 11.1 Å². The lowest BCUT2D eigenvalue weighted by Crippen LogP contribution is -2.15. The summed E-state index contributed by atoms with van der Waals surface area (Å²) in [5, 5.41) is 27.8. The minimum Gasteiger partial charge on any atom is -0.481 e. The van der Waals surface area contributed by atoms with Crippen molar-refractivity contribution in [1.29, 1.82) is 5.41 Å². The molecule has 0 aliphatic carbocycles. The predicted octanol–water partition coefficient (Wildman–Crippen LogP) is 3.48. The number of nitrogens with zero attached hydrogens (tertiary/aromatic N) is 1.